The molecular weight excluding hydrogens is 264 g/mol. The Morgan fingerprint density at radius 3 is 2.70 bits per heavy atom. The van der Waals surface area contributed by atoms with Gasteiger partial charge in [0.1, 0.15) is 18.4 Å². The predicted molar refractivity (Wildman–Crippen MR) is 70.2 cm³/mol. The number of nitrogens with zero attached hydrogens (tertiary/aromatic N) is 5. The summed E-state index contributed by atoms with van der Waals surface area (Å²) in [6, 6.07) is 0. The number of carbonyl (C=O) groups excluding carboxylic acids is 1. The lowest BCUT2D eigenvalue weighted by Crippen LogP contribution is -2.39. The average molecular weight is 278 g/mol. The summed E-state index contributed by atoms with van der Waals surface area (Å²) in [5.74, 6) is -0.841. The van der Waals surface area contributed by atoms with Crippen LogP contribution in [0.4, 0.5) is 5.82 Å². The molecule has 2 aromatic heterocycles. The van der Waals surface area contributed by atoms with Gasteiger partial charge in [-0.2, -0.15) is 0 Å². The van der Waals surface area contributed by atoms with Crippen molar-refractivity contribution in [1.29, 1.82) is 0 Å². The van der Waals surface area contributed by atoms with Gasteiger partial charge in [-0.3, -0.25) is 9.59 Å². The van der Waals surface area contributed by atoms with E-state index in [1.165, 1.54) is 19.7 Å². The molecule has 0 aliphatic heterocycles. The fourth-order valence-corrected chi connectivity index (χ4v) is 1.73. The highest BCUT2D eigenvalue weighted by atomic mass is 16.4. The molecule has 9 nitrogen and oxygen atoms in total. The minimum Gasteiger partial charge on any atom is -0.480 e. The molecule has 0 aliphatic carbocycles. The molecule has 0 atom stereocenters. The fourth-order valence-electron chi connectivity index (χ4n) is 1.73. The minimum absolute atomic E-state index is 0.00884. The van der Waals surface area contributed by atoms with Crippen LogP contribution in [0.5, 0.6) is 0 Å². The van der Waals surface area contributed by atoms with Gasteiger partial charge >= 0.3 is 5.97 Å². The van der Waals surface area contributed by atoms with E-state index in [1.54, 1.807) is 11.9 Å². The van der Waals surface area contributed by atoms with E-state index in [4.69, 9.17) is 5.11 Å². The van der Waals surface area contributed by atoms with E-state index in [1.807, 2.05) is 0 Å². The number of hydrogen-bond donors (Lipinski definition) is 2. The van der Waals surface area contributed by atoms with Crippen molar-refractivity contribution >= 4 is 28.9 Å². The summed E-state index contributed by atoms with van der Waals surface area (Å²) < 4.78 is 0. The number of fused-ring (bicyclic) bond motifs is 1. The van der Waals surface area contributed by atoms with Gasteiger partial charge in [0, 0.05) is 14.1 Å². The lowest BCUT2D eigenvalue weighted by Gasteiger charge is -2.21. The van der Waals surface area contributed by atoms with Crippen LogP contribution in [-0.4, -0.2) is 69.0 Å². The first kappa shape index (κ1) is 13.7. The number of carboxylic acid groups (broad SMARTS) is 1. The van der Waals surface area contributed by atoms with E-state index in [-0.39, 0.29) is 19.0 Å². The summed E-state index contributed by atoms with van der Waals surface area (Å²) in [5, 5.41) is 8.66. The van der Waals surface area contributed by atoms with Crippen molar-refractivity contribution in [2.45, 2.75) is 0 Å². The molecule has 2 N–H and O–H groups in total. The molecule has 9 heteroatoms. The number of aromatic nitrogens is 4. The molecule has 0 radical (unpaired) electrons. The van der Waals surface area contributed by atoms with Gasteiger partial charge in [-0.1, -0.05) is 0 Å². The van der Waals surface area contributed by atoms with Gasteiger partial charge in [0.25, 0.3) is 0 Å². The Kier molecular flexibility index (Phi) is 3.78. The van der Waals surface area contributed by atoms with Crippen molar-refractivity contribution in [3.63, 3.8) is 0 Å². The Balaban J connectivity index is 2.12. The van der Waals surface area contributed by atoms with E-state index in [9.17, 15) is 9.59 Å². The SMILES string of the molecule is CN(CC(=O)O)C(=O)CN(C)c1ncnc2nc[nH]c12. The molecule has 2 rings (SSSR count). The Hall–Kier alpha value is -2.71. The minimum atomic E-state index is -1.05. The predicted octanol–water partition coefficient (Wildman–Crippen LogP) is -0.668. The molecule has 0 aromatic carbocycles. The second kappa shape index (κ2) is 5.51. The normalized spacial score (nSPS) is 10.5. The third kappa shape index (κ3) is 2.82. The number of amides is 1. The lowest BCUT2D eigenvalue weighted by atomic mass is 10.4. The Bertz CT molecular complexity index is 640. The summed E-state index contributed by atoms with van der Waals surface area (Å²) in [4.78, 5) is 40.2. The van der Waals surface area contributed by atoms with E-state index in [0.29, 0.717) is 17.0 Å². The number of anilines is 1. The van der Waals surface area contributed by atoms with Crippen LogP contribution in [0.1, 0.15) is 0 Å². The first-order chi connectivity index (χ1) is 9.49. The van der Waals surface area contributed by atoms with Gasteiger partial charge in [0.05, 0.1) is 12.9 Å². The lowest BCUT2D eigenvalue weighted by molar-refractivity contribution is -0.142. The van der Waals surface area contributed by atoms with E-state index in [0.717, 1.165) is 4.90 Å². The second-order valence-corrected chi connectivity index (χ2v) is 4.30. The first-order valence-corrected chi connectivity index (χ1v) is 5.80. The van der Waals surface area contributed by atoms with Crippen molar-refractivity contribution in [1.82, 2.24) is 24.8 Å². The monoisotopic (exact) mass is 278 g/mol. The highest BCUT2D eigenvalue weighted by Gasteiger charge is 2.17. The van der Waals surface area contributed by atoms with Gasteiger partial charge < -0.3 is 19.9 Å². The van der Waals surface area contributed by atoms with Crippen molar-refractivity contribution in [3.05, 3.63) is 12.7 Å². The zero-order valence-electron chi connectivity index (χ0n) is 11.1. The summed E-state index contributed by atoms with van der Waals surface area (Å²) >= 11 is 0. The topological polar surface area (TPSA) is 115 Å². The third-order valence-electron chi connectivity index (χ3n) is 2.74. The largest absolute Gasteiger partial charge is 0.480 e. The third-order valence-corrected chi connectivity index (χ3v) is 2.74. The molecule has 0 saturated carbocycles. The number of aromatic amines is 1. The van der Waals surface area contributed by atoms with Gasteiger partial charge in [0.2, 0.25) is 5.91 Å². The zero-order chi connectivity index (χ0) is 14.7. The molecule has 0 spiro atoms. The quantitative estimate of drug-likeness (QED) is 0.745. The van der Waals surface area contributed by atoms with Crippen molar-refractivity contribution in [2.24, 2.45) is 0 Å². The van der Waals surface area contributed by atoms with Gasteiger partial charge in [-0.25, -0.2) is 15.0 Å². The van der Waals surface area contributed by atoms with E-state index >= 15 is 0 Å². The Morgan fingerprint density at radius 1 is 1.25 bits per heavy atom. The van der Waals surface area contributed by atoms with Crippen LogP contribution >= 0.6 is 0 Å². The van der Waals surface area contributed by atoms with E-state index < -0.39 is 5.97 Å². The van der Waals surface area contributed by atoms with Crippen molar-refractivity contribution in [3.8, 4) is 0 Å². The molecule has 0 unspecified atom stereocenters. The number of carbonyl (C=O) groups is 2. The van der Waals surface area contributed by atoms with Crippen LogP contribution in [0.25, 0.3) is 11.2 Å². The van der Waals surface area contributed by atoms with Crippen LogP contribution in [0.15, 0.2) is 12.7 Å². The number of hydrogen-bond acceptors (Lipinski definition) is 6. The van der Waals surface area contributed by atoms with Crippen LogP contribution in [-0.2, 0) is 9.59 Å². The van der Waals surface area contributed by atoms with Crippen molar-refractivity contribution < 1.29 is 14.7 Å². The van der Waals surface area contributed by atoms with Crippen LogP contribution in [0.2, 0.25) is 0 Å². The molecule has 0 aliphatic rings. The summed E-state index contributed by atoms with van der Waals surface area (Å²) in [6.45, 7) is -0.329. The number of H-pyrrole nitrogens is 1. The van der Waals surface area contributed by atoms with Crippen molar-refractivity contribution in [2.75, 3.05) is 32.1 Å². The maximum atomic E-state index is 11.9. The van der Waals surface area contributed by atoms with Crippen LogP contribution in [0.3, 0.4) is 0 Å². The molecule has 0 fully saturated rings. The standard InChI is InChI=1S/C11H14N6O3/c1-16(4-8(19)20)7(18)3-17(2)11-9-10(13-5-12-9)14-6-15-11/h5-6H,3-4H2,1-2H3,(H,19,20)(H,12,13,14,15). The molecule has 0 bridgehead atoms. The van der Waals surface area contributed by atoms with Gasteiger partial charge in [-0.15, -0.1) is 0 Å². The number of imidazole rings is 1. The number of nitrogens with one attached hydrogen (secondary N) is 1. The number of aliphatic carboxylic acids is 1. The molecule has 0 saturated heterocycles. The maximum absolute atomic E-state index is 11.9. The molecule has 106 valence electrons. The van der Waals surface area contributed by atoms with Crippen LogP contribution in [0, 0.1) is 0 Å². The van der Waals surface area contributed by atoms with Gasteiger partial charge in [0.15, 0.2) is 11.5 Å². The summed E-state index contributed by atoms with van der Waals surface area (Å²) in [5.41, 5.74) is 1.14. The second-order valence-electron chi connectivity index (χ2n) is 4.30. The highest BCUT2D eigenvalue weighted by molar-refractivity contribution is 5.88. The first-order valence-electron chi connectivity index (χ1n) is 5.80. The van der Waals surface area contributed by atoms with Crippen LogP contribution < -0.4 is 4.90 Å². The molecule has 20 heavy (non-hydrogen) atoms. The molecule has 1 amide bonds. The number of carboxylic acids is 1. The Morgan fingerprint density at radius 2 is 2.00 bits per heavy atom. The fraction of sp³-hybridized carbons (Fsp3) is 0.364. The Labute approximate surface area is 114 Å². The number of likely N-dealkylation sites (N-methyl/N-ethyl adjacent to an activating group) is 2. The average Bonchev–Trinajstić information content (AvgIpc) is 2.85. The summed E-state index contributed by atoms with van der Waals surface area (Å²) in [7, 11) is 3.13. The van der Waals surface area contributed by atoms with E-state index in [2.05, 4.69) is 19.9 Å². The molecule has 2 aromatic rings. The molecular formula is C11H14N6O3. The smallest absolute Gasteiger partial charge is 0.323 e. The zero-order valence-corrected chi connectivity index (χ0v) is 11.1. The maximum Gasteiger partial charge on any atom is 0.323 e. The number of rotatable bonds is 5. The summed E-state index contributed by atoms with van der Waals surface area (Å²) in [6.07, 6.45) is 2.86. The van der Waals surface area contributed by atoms with Gasteiger partial charge in [-0.05, 0) is 0 Å². The highest BCUT2D eigenvalue weighted by Crippen LogP contribution is 2.17. The molecule has 2 heterocycles.